The van der Waals surface area contributed by atoms with E-state index >= 15 is 0 Å². The van der Waals surface area contributed by atoms with Crippen LogP contribution in [0.1, 0.15) is 46.5 Å². The van der Waals surface area contributed by atoms with Crippen molar-refractivity contribution in [1.82, 2.24) is 0 Å². The summed E-state index contributed by atoms with van der Waals surface area (Å²) in [6.45, 7) is 6.21. The molecular weight excluding hydrogens is 148 g/mol. The Morgan fingerprint density at radius 3 is 2.67 bits per heavy atom. The second kappa shape index (κ2) is 7.15. The lowest BCUT2D eigenvalue weighted by Crippen LogP contribution is -1.96. The Hall–Kier alpha value is -0.520. The Balaban J connectivity index is 3.87. The zero-order chi connectivity index (χ0) is 9.40. The van der Waals surface area contributed by atoms with E-state index < -0.39 is 0 Å². The molecule has 0 saturated heterocycles. The van der Waals surface area contributed by atoms with Gasteiger partial charge in [-0.25, -0.2) is 0 Å². The van der Waals surface area contributed by atoms with Crippen LogP contribution < -0.4 is 0 Å². The molecule has 0 heterocycles. The van der Waals surface area contributed by atoms with E-state index in [1.54, 1.807) is 6.08 Å². The van der Waals surface area contributed by atoms with E-state index in [0.29, 0.717) is 0 Å². The largest absolute Gasteiger partial charge is 0.388 e. The highest BCUT2D eigenvalue weighted by atomic mass is 16.3. The fourth-order valence-electron chi connectivity index (χ4n) is 0.870. The standard InChI is InChI=1S/C11H20O/c1-4-6-7-10(3)8-9-11(12)5-2/h9,11-12H,4-7H2,1-3H3. The van der Waals surface area contributed by atoms with Crippen LogP contribution in [0.4, 0.5) is 0 Å². The van der Waals surface area contributed by atoms with Gasteiger partial charge in [-0.1, -0.05) is 20.3 Å². The lowest BCUT2D eigenvalue weighted by atomic mass is 10.1. The summed E-state index contributed by atoms with van der Waals surface area (Å²) in [5.74, 6) is 0. The molecule has 0 bridgehead atoms. The third-order valence-electron chi connectivity index (χ3n) is 1.85. The van der Waals surface area contributed by atoms with Crippen LogP contribution in [0, 0.1) is 0 Å². The van der Waals surface area contributed by atoms with E-state index in [1.807, 2.05) is 6.92 Å². The Morgan fingerprint density at radius 1 is 1.50 bits per heavy atom. The van der Waals surface area contributed by atoms with Gasteiger partial charge in [0.25, 0.3) is 0 Å². The molecule has 12 heavy (non-hydrogen) atoms. The summed E-state index contributed by atoms with van der Waals surface area (Å²) in [5.41, 5.74) is 4.35. The van der Waals surface area contributed by atoms with E-state index in [4.69, 9.17) is 0 Å². The van der Waals surface area contributed by atoms with Crippen molar-refractivity contribution < 1.29 is 5.11 Å². The second-order valence-corrected chi connectivity index (χ2v) is 3.17. The van der Waals surface area contributed by atoms with E-state index in [2.05, 4.69) is 19.6 Å². The van der Waals surface area contributed by atoms with Crippen molar-refractivity contribution in [1.29, 1.82) is 0 Å². The molecule has 0 aliphatic heterocycles. The van der Waals surface area contributed by atoms with Crippen LogP contribution in [0.15, 0.2) is 17.4 Å². The van der Waals surface area contributed by atoms with Crippen LogP contribution >= 0.6 is 0 Å². The predicted molar refractivity (Wildman–Crippen MR) is 53.1 cm³/mol. The minimum absolute atomic E-state index is 0.318. The van der Waals surface area contributed by atoms with Crippen LogP contribution in [0.2, 0.25) is 0 Å². The summed E-state index contributed by atoms with van der Waals surface area (Å²) in [7, 11) is 0. The van der Waals surface area contributed by atoms with Gasteiger partial charge in [0.15, 0.2) is 0 Å². The molecule has 0 aliphatic carbocycles. The zero-order valence-electron chi connectivity index (χ0n) is 8.43. The van der Waals surface area contributed by atoms with Gasteiger partial charge >= 0.3 is 0 Å². The molecule has 0 aliphatic rings. The van der Waals surface area contributed by atoms with Gasteiger partial charge in [0.05, 0.1) is 6.10 Å². The Labute approximate surface area is 75.8 Å². The maximum absolute atomic E-state index is 9.20. The first-order valence-electron chi connectivity index (χ1n) is 4.81. The lowest BCUT2D eigenvalue weighted by Gasteiger charge is -1.97. The quantitative estimate of drug-likeness (QED) is 0.625. The number of aliphatic hydroxyl groups excluding tert-OH is 1. The maximum Gasteiger partial charge on any atom is 0.0791 e. The third-order valence-corrected chi connectivity index (χ3v) is 1.85. The average molecular weight is 168 g/mol. The molecule has 1 atom stereocenters. The summed E-state index contributed by atoms with van der Waals surface area (Å²) in [6.07, 6.45) is 5.74. The molecule has 0 rings (SSSR count). The highest BCUT2D eigenvalue weighted by Crippen LogP contribution is 2.04. The maximum atomic E-state index is 9.20. The molecule has 1 nitrogen and oxygen atoms in total. The molecule has 0 saturated carbocycles. The number of rotatable bonds is 5. The number of unbranched alkanes of at least 4 members (excludes halogenated alkanes) is 1. The normalized spacial score (nSPS) is 12.0. The van der Waals surface area contributed by atoms with Crippen molar-refractivity contribution in [3.05, 3.63) is 17.4 Å². The van der Waals surface area contributed by atoms with E-state index in [0.717, 1.165) is 12.8 Å². The molecule has 0 aromatic carbocycles. The minimum Gasteiger partial charge on any atom is -0.388 e. The van der Waals surface area contributed by atoms with Crippen molar-refractivity contribution in [3.63, 3.8) is 0 Å². The molecule has 1 unspecified atom stereocenters. The van der Waals surface area contributed by atoms with Crippen LogP contribution in [0.3, 0.4) is 0 Å². The Morgan fingerprint density at radius 2 is 2.17 bits per heavy atom. The highest BCUT2D eigenvalue weighted by molar-refractivity contribution is 4.99. The minimum atomic E-state index is -0.318. The number of hydrogen-bond acceptors (Lipinski definition) is 1. The first-order valence-corrected chi connectivity index (χ1v) is 4.81. The van der Waals surface area contributed by atoms with Crippen LogP contribution in [0.25, 0.3) is 0 Å². The van der Waals surface area contributed by atoms with Crippen molar-refractivity contribution in [2.24, 2.45) is 0 Å². The Kier molecular flexibility index (Phi) is 6.84. The van der Waals surface area contributed by atoms with E-state index in [-0.39, 0.29) is 6.10 Å². The summed E-state index contributed by atoms with van der Waals surface area (Å²) in [5, 5.41) is 9.20. The van der Waals surface area contributed by atoms with Gasteiger partial charge in [-0.15, -0.1) is 5.73 Å². The first-order chi connectivity index (χ1) is 5.70. The Bertz CT molecular complexity index is 164. The van der Waals surface area contributed by atoms with Gasteiger partial charge < -0.3 is 5.11 Å². The van der Waals surface area contributed by atoms with Gasteiger partial charge in [0.2, 0.25) is 0 Å². The molecule has 1 heteroatoms. The van der Waals surface area contributed by atoms with E-state index in [1.165, 1.54) is 18.4 Å². The number of hydrogen-bond donors (Lipinski definition) is 1. The van der Waals surface area contributed by atoms with Crippen LogP contribution in [0.5, 0.6) is 0 Å². The summed E-state index contributed by atoms with van der Waals surface area (Å²) in [6, 6.07) is 0. The monoisotopic (exact) mass is 168 g/mol. The van der Waals surface area contributed by atoms with Crippen molar-refractivity contribution >= 4 is 0 Å². The fourth-order valence-corrected chi connectivity index (χ4v) is 0.870. The molecular formula is C11H20O. The second-order valence-electron chi connectivity index (χ2n) is 3.17. The van der Waals surface area contributed by atoms with Gasteiger partial charge in [-0.05, 0) is 37.8 Å². The zero-order valence-corrected chi connectivity index (χ0v) is 8.43. The molecule has 0 aromatic heterocycles. The van der Waals surface area contributed by atoms with Crippen molar-refractivity contribution in [3.8, 4) is 0 Å². The van der Waals surface area contributed by atoms with Crippen molar-refractivity contribution in [2.45, 2.75) is 52.6 Å². The summed E-state index contributed by atoms with van der Waals surface area (Å²) < 4.78 is 0. The predicted octanol–water partition coefficient (Wildman–Crippen LogP) is 3.05. The van der Waals surface area contributed by atoms with Crippen LogP contribution in [-0.4, -0.2) is 11.2 Å². The van der Waals surface area contributed by atoms with Gasteiger partial charge in [0.1, 0.15) is 0 Å². The SMILES string of the molecule is CCCCC(C)=C=CC(O)CC. The summed E-state index contributed by atoms with van der Waals surface area (Å²) >= 11 is 0. The smallest absolute Gasteiger partial charge is 0.0791 e. The molecule has 1 N–H and O–H groups in total. The first kappa shape index (κ1) is 11.5. The fraction of sp³-hybridized carbons (Fsp3) is 0.727. The van der Waals surface area contributed by atoms with Gasteiger partial charge in [-0.3, -0.25) is 0 Å². The number of aliphatic hydroxyl groups is 1. The van der Waals surface area contributed by atoms with Gasteiger partial charge in [0, 0.05) is 0 Å². The molecule has 70 valence electrons. The molecule has 0 amide bonds. The van der Waals surface area contributed by atoms with Gasteiger partial charge in [-0.2, -0.15) is 0 Å². The lowest BCUT2D eigenvalue weighted by molar-refractivity contribution is 0.219. The molecule has 0 fully saturated rings. The van der Waals surface area contributed by atoms with E-state index in [9.17, 15) is 5.11 Å². The van der Waals surface area contributed by atoms with Crippen molar-refractivity contribution in [2.75, 3.05) is 0 Å². The molecule has 0 radical (unpaired) electrons. The topological polar surface area (TPSA) is 20.2 Å². The molecule has 0 aromatic rings. The molecule has 0 spiro atoms. The third kappa shape index (κ3) is 6.21. The highest BCUT2D eigenvalue weighted by Gasteiger charge is 1.91. The van der Waals surface area contributed by atoms with Crippen LogP contribution in [-0.2, 0) is 0 Å². The average Bonchev–Trinajstić information content (AvgIpc) is 2.10. The summed E-state index contributed by atoms with van der Waals surface area (Å²) in [4.78, 5) is 0.